The van der Waals surface area contributed by atoms with Crippen LogP contribution in [0.3, 0.4) is 0 Å². The molecular weight excluding hydrogens is 264 g/mol. The van der Waals surface area contributed by atoms with E-state index < -0.39 is 0 Å². The van der Waals surface area contributed by atoms with Gasteiger partial charge in [-0.05, 0) is 55.2 Å². The molecule has 1 aromatic heterocycles. The summed E-state index contributed by atoms with van der Waals surface area (Å²) >= 11 is 0. The second-order valence-electron chi connectivity index (χ2n) is 5.54. The number of hydrogen-bond donors (Lipinski definition) is 1. The lowest BCUT2D eigenvalue weighted by atomic mass is 10.1. The van der Waals surface area contributed by atoms with Gasteiger partial charge in [-0.3, -0.25) is 4.79 Å². The van der Waals surface area contributed by atoms with Crippen molar-refractivity contribution < 1.29 is 4.74 Å². The molecule has 21 heavy (non-hydrogen) atoms. The van der Waals surface area contributed by atoms with Crippen LogP contribution in [0.4, 0.5) is 0 Å². The lowest BCUT2D eigenvalue weighted by Gasteiger charge is -2.15. The van der Waals surface area contributed by atoms with Crippen LogP contribution in [0, 0.1) is 6.92 Å². The first-order valence-corrected chi connectivity index (χ1v) is 7.25. The average Bonchev–Trinajstić information content (AvgIpc) is 3.31. The minimum Gasteiger partial charge on any atom is -0.496 e. The maximum atomic E-state index is 12.5. The highest BCUT2D eigenvalue weighted by Crippen LogP contribution is 2.37. The van der Waals surface area contributed by atoms with Crippen molar-refractivity contribution >= 4 is 0 Å². The Hall–Kier alpha value is -2.07. The summed E-state index contributed by atoms with van der Waals surface area (Å²) in [6.07, 6.45) is 2.13. The summed E-state index contributed by atoms with van der Waals surface area (Å²) in [6.45, 7) is 2.30. The van der Waals surface area contributed by atoms with Crippen molar-refractivity contribution in [2.45, 2.75) is 32.4 Å². The summed E-state index contributed by atoms with van der Waals surface area (Å²) in [7, 11) is 1.66. The topological polar surface area (TPSA) is 57.2 Å². The molecule has 4 nitrogen and oxygen atoms in total. The highest BCUT2D eigenvalue weighted by Gasteiger charge is 2.27. The standard InChI is InChI=1S/C17H20N2O2/c1-11-9-12(4-8-16(11)21-2)15-7-3-13(10-18)17(20)19(15)14-5-6-14/h3-4,7-9,14H,5-6,10,18H2,1-2H3. The molecule has 2 N–H and O–H groups in total. The van der Waals surface area contributed by atoms with Gasteiger partial charge in [-0.25, -0.2) is 0 Å². The molecule has 1 fully saturated rings. The van der Waals surface area contributed by atoms with Gasteiger partial charge in [0, 0.05) is 18.2 Å². The van der Waals surface area contributed by atoms with Crippen LogP contribution < -0.4 is 16.0 Å². The van der Waals surface area contributed by atoms with Crippen molar-refractivity contribution in [2.24, 2.45) is 5.73 Å². The first-order valence-electron chi connectivity index (χ1n) is 7.25. The molecule has 110 valence electrons. The first kappa shape index (κ1) is 13.9. The van der Waals surface area contributed by atoms with Gasteiger partial charge < -0.3 is 15.0 Å². The normalized spacial score (nSPS) is 14.2. The van der Waals surface area contributed by atoms with Gasteiger partial charge in [0.05, 0.1) is 12.8 Å². The number of nitrogens with two attached hydrogens (primary N) is 1. The van der Waals surface area contributed by atoms with Crippen LogP contribution in [-0.4, -0.2) is 11.7 Å². The molecule has 3 rings (SSSR count). The maximum Gasteiger partial charge on any atom is 0.255 e. The molecule has 1 aliphatic carbocycles. The van der Waals surface area contributed by atoms with Crippen molar-refractivity contribution in [1.82, 2.24) is 4.57 Å². The highest BCUT2D eigenvalue weighted by atomic mass is 16.5. The monoisotopic (exact) mass is 284 g/mol. The van der Waals surface area contributed by atoms with E-state index in [1.165, 1.54) is 0 Å². The van der Waals surface area contributed by atoms with E-state index in [1.807, 2.05) is 35.8 Å². The molecule has 0 atom stereocenters. The number of hydrogen-bond acceptors (Lipinski definition) is 3. The van der Waals surface area contributed by atoms with E-state index in [9.17, 15) is 4.79 Å². The van der Waals surface area contributed by atoms with Crippen LogP contribution in [0.5, 0.6) is 5.75 Å². The SMILES string of the molecule is COc1ccc(-c2ccc(CN)c(=O)n2C2CC2)cc1C. The Balaban J connectivity index is 2.16. The molecule has 0 spiro atoms. The van der Waals surface area contributed by atoms with E-state index in [4.69, 9.17) is 10.5 Å². The van der Waals surface area contributed by atoms with Crippen LogP contribution in [-0.2, 0) is 6.54 Å². The van der Waals surface area contributed by atoms with Gasteiger partial charge in [0.2, 0.25) is 0 Å². The first-order chi connectivity index (χ1) is 10.2. The lowest BCUT2D eigenvalue weighted by Crippen LogP contribution is -2.25. The molecule has 4 heteroatoms. The molecule has 1 saturated carbocycles. The number of nitrogens with zero attached hydrogens (tertiary/aromatic N) is 1. The molecule has 0 unspecified atom stereocenters. The fraction of sp³-hybridized carbons (Fsp3) is 0.353. The third-order valence-corrected chi connectivity index (χ3v) is 4.02. The Morgan fingerprint density at radius 3 is 2.62 bits per heavy atom. The molecule has 1 heterocycles. The quantitative estimate of drug-likeness (QED) is 0.939. The Bertz CT molecular complexity index is 730. The summed E-state index contributed by atoms with van der Waals surface area (Å²) < 4.78 is 7.21. The molecule has 0 amide bonds. The molecular formula is C17H20N2O2. The largest absolute Gasteiger partial charge is 0.496 e. The van der Waals surface area contributed by atoms with E-state index in [0.717, 1.165) is 35.4 Å². The predicted octanol–water partition coefficient (Wildman–Crippen LogP) is 2.63. The van der Waals surface area contributed by atoms with E-state index in [1.54, 1.807) is 7.11 Å². The fourth-order valence-corrected chi connectivity index (χ4v) is 2.72. The Morgan fingerprint density at radius 2 is 2.05 bits per heavy atom. The predicted molar refractivity (Wildman–Crippen MR) is 83.6 cm³/mol. The number of methoxy groups -OCH3 is 1. The van der Waals surface area contributed by atoms with Crippen molar-refractivity contribution in [2.75, 3.05) is 7.11 Å². The molecule has 2 aromatic rings. The number of rotatable bonds is 4. The fourth-order valence-electron chi connectivity index (χ4n) is 2.72. The van der Waals surface area contributed by atoms with Crippen molar-refractivity contribution in [3.8, 4) is 17.0 Å². The zero-order valence-electron chi connectivity index (χ0n) is 12.4. The van der Waals surface area contributed by atoms with Gasteiger partial charge in [0.1, 0.15) is 5.75 Å². The van der Waals surface area contributed by atoms with E-state index in [0.29, 0.717) is 11.6 Å². The van der Waals surface area contributed by atoms with Crippen LogP contribution in [0.1, 0.15) is 30.0 Å². The zero-order chi connectivity index (χ0) is 15.0. The van der Waals surface area contributed by atoms with Gasteiger partial charge in [0.15, 0.2) is 0 Å². The number of benzene rings is 1. The van der Waals surface area contributed by atoms with E-state index >= 15 is 0 Å². The van der Waals surface area contributed by atoms with E-state index in [-0.39, 0.29) is 12.1 Å². The molecule has 1 aliphatic rings. The summed E-state index contributed by atoms with van der Waals surface area (Å²) in [5, 5.41) is 0. The van der Waals surface area contributed by atoms with Crippen molar-refractivity contribution in [3.63, 3.8) is 0 Å². The van der Waals surface area contributed by atoms with Crippen molar-refractivity contribution in [3.05, 3.63) is 51.8 Å². The second kappa shape index (κ2) is 5.37. The van der Waals surface area contributed by atoms with Crippen LogP contribution in [0.2, 0.25) is 0 Å². The van der Waals surface area contributed by atoms with Gasteiger partial charge in [-0.15, -0.1) is 0 Å². The minimum absolute atomic E-state index is 0.0472. The van der Waals surface area contributed by atoms with Crippen LogP contribution >= 0.6 is 0 Å². The van der Waals surface area contributed by atoms with Crippen LogP contribution in [0.15, 0.2) is 35.1 Å². The molecule has 1 aromatic carbocycles. The zero-order valence-corrected chi connectivity index (χ0v) is 12.4. The molecule has 0 aliphatic heterocycles. The average molecular weight is 284 g/mol. The van der Waals surface area contributed by atoms with Gasteiger partial charge >= 0.3 is 0 Å². The van der Waals surface area contributed by atoms with Crippen molar-refractivity contribution in [1.29, 1.82) is 0 Å². The Kier molecular flexibility index (Phi) is 3.55. The summed E-state index contributed by atoms with van der Waals surface area (Å²) in [6, 6.07) is 10.2. The molecule has 0 radical (unpaired) electrons. The summed E-state index contributed by atoms with van der Waals surface area (Å²) in [5.41, 5.74) is 9.45. The summed E-state index contributed by atoms with van der Waals surface area (Å²) in [5.74, 6) is 0.859. The third kappa shape index (κ3) is 2.47. The lowest BCUT2D eigenvalue weighted by molar-refractivity contribution is 0.412. The Morgan fingerprint density at radius 1 is 1.29 bits per heavy atom. The van der Waals surface area contributed by atoms with Gasteiger partial charge in [-0.2, -0.15) is 0 Å². The second-order valence-corrected chi connectivity index (χ2v) is 5.54. The number of pyridine rings is 1. The number of aromatic nitrogens is 1. The molecule has 0 bridgehead atoms. The van der Waals surface area contributed by atoms with E-state index in [2.05, 4.69) is 6.07 Å². The number of ether oxygens (including phenoxy) is 1. The molecule has 0 saturated heterocycles. The highest BCUT2D eigenvalue weighted by molar-refractivity contribution is 5.63. The Labute approximate surface area is 124 Å². The third-order valence-electron chi connectivity index (χ3n) is 4.02. The van der Waals surface area contributed by atoms with Gasteiger partial charge in [0.25, 0.3) is 5.56 Å². The summed E-state index contributed by atoms with van der Waals surface area (Å²) in [4.78, 5) is 12.5. The van der Waals surface area contributed by atoms with Crippen LogP contribution in [0.25, 0.3) is 11.3 Å². The maximum absolute atomic E-state index is 12.5. The number of aryl methyl sites for hydroxylation is 1. The van der Waals surface area contributed by atoms with Gasteiger partial charge in [-0.1, -0.05) is 6.07 Å². The minimum atomic E-state index is 0.0472. The smallest absolute Gasteiger partial charge is 0.255 e.